The topological polar surface area (TPSA) is 83.6 Å². The number of rotatable bonds is 5. The van der Waals surface area contributed by atoms with Crippen LogP contribution in [-0.2, 0) is 4.79 Å². The molecule has 0 spiro atoms. The zero-order valence-corrected chi connectivity index (χ0v) is 11.8. The number of anilines is 1. The lowest BCUT2D eigenvalue weighted by atomic mass is 10.1. The largest absolute Gasteiger partial charge is 0.480 e. The van der Waals surface area contributed by atoms with Gasteiger partial charge in [-0.15, -0.1) is 0 Å². The number of nitrogens with zero attached hydrogens (tertiary/aromatic N) is 1. The third kappa shape index (κ3) is 3.75. The highest BCUT2D eigenvalue weighted by atomic mass is 35.5. The minimum atomic E-state index is -1.08. The second-order valence-corrected chi connectivity index (χ2v) is 4.73. The van der Waals surface area contributed by atoms with E-state index in [0.29, 0.717) is 13.0 Å². The Balaban J connectivity index is 3.09. The van der Waals surface area contributed by atoms with Gasteiger partial charge in [0.05, 0.1) is 21.3 Å². The Labute approximate surface area is 120 Å². The molecule has 0 heterocycles. The predicted molar refractivity (Wildman–Crippen MR) is 74.7 cm³/mol. The van der Waals surface area contributed by atoms with E-state index < -0.39 is 11.9 Å². The molecular formula is C12H14Cl2N2O3. The van der Waals surface area contributed by atoms with Crippen LogP contribution in [0.4, 0.5) is 5.69 Å². The van der Waals surface area contributed by atoms with Gasteiger partial charge in [0.15, 0.2) is 0 Å². The third-order valence-electron chi connectivity index (χ3n) is 2.46. The molecule has 1 rings (SSSR count). The van der Waals surface area contributed by atoms with Crippen LogP contribution in [0.1, 0.15) is 23.7 Å². The number of aliphatic carboxylic acids is 1. The summed E-state index contributed by atoms with van der Waals surface area (Å²) in [6, 6.07) is 2.90. The number of nitrogens with two attached hydrogens (primary N) is 1. The monoisotopic (exact) mass is 304 g/mol. The first-order valence-electron chi connectivity index (χ1n) is 5.63. The molecule has 0 aliphatic heterocycles. The van der Waals surface area contributed by atoms with Crippen molar-refractivity contribution in [3.63, 3.8) is 0 Å². The van der Waals surface area contributed by atoms with E-state index in [1.165, 1.54) is 17.0 Å². The Kier molecular flexibility index (Phi) is 5.44. The zero-order chi connectivity index (χ0) is 14.6. The lowest BCUT2D eigenvalue weighted by Gasteiger charge is -2.21. The molecule has 19 heavy (non-hydrogen) atoms. The quantitative estimate of drug-likeness (QED) is 0.819. The maximum absolute atomic E-state index is 12.2. The van der Waals surface area contributed by atoms with Crippen molar-refractivity contribution >= 4 is 40.8 Å². The van der Waals surface area contributed by atoms with E-state index in [2.05, 4.69) is 0 Å². The maximum Gasteiger partial charge on any atom is 0.323 e. The van der Waals surface area contributed by atoms with Crippen LogP contribution < -0.4 is 5.73 Å². The molecule has 104 valence electrons. The fourth-order valence-corrected chi connectivity index (χ4v) is 2.04. The molecule has 0 saturated heterocycles. The summed E-state index contributed by atoms with van der Waals surface area (Å²) < 4.78 is 0. The number of amides is 1. The lowest BCUT2D eigenvalue weighted by Crippen LogP contribution is -2.36. The van der Waals surface area contributed by atoms with E-state index in [0.717, 1.165) is 0 Å². The van der Waals surface area contributed by atoms with Crippen molar-refractivity contribution < 1.29 is 14.7 Å². The molecule has 0 radical (unpaired) electrons. The van der Waals surface area contributed by atoms with E-state index >= 15 is 0 Å². The number of carboxylic acids is 1. The number of nitrogen functional groups attached to an aromatic ring is 1. The molecule has 0 aliphatic rings. The van der Waals surface area contributed by atoms with E-state index in [4.69, 9.17) is 34.0 Å². The summed E-state index contributed by atoms with van der Waals surface area (Å²) >= 11 is 11.8. The normalized spacial score (nSPS) is 10.3. The summed E-state index contributed by atoms with van der Waals surface area (Å²) in [5, 5.41) is 9.10. The summed E-state index contributed by atoms with van der Waals surface area (Å²) in [4.78, 5) is 24.2. The van der Waals surface area contributed by atoms with Crippen LogP contribution in [0.5, 0.6) is 0 Å². The van der Waals surface area contributed by atoms with Crippen molar-refractivity contribution in [3.05, 3.63) is 27.7 Å². The first-order valence-corrected chi connectivity index (χ1v) is 6.38. The Morgan fingerprint density at radius 2 is 2.00 bits per heavy atom. The van der Waals surface area contributed by atoms with Crippen LogP contribution in [0.15, 0.2) is 12.1 Å². The van der Waals surface area contributed by atoms with Crippen LogP contribution in [-0.4, -0.2) is 35.0 Å². The van der Waals surface area contributed by atoms with Crippen molar-refractivity contribution in [2.24, 2.45) is 0 Å². The first-order chi connectivity index (χ1) is 8.88. The third-order valence-corrected chi connectivity index (χ3v) is 3.20. The molecule has 0 saturated carbocycles. The number of halogens is 2. The van der Waals surface area contributed by atoms with Crippen LogP contribution in [0.2, 0.25) is 10.0 Å². The molecule has 5 nitrogen and oxygen atoms in total. The summed E-state index contributed by atoms with van der Waals surface area (Å²) in [5.41, 5.74) is 5.91. The predicted octanol–water partition coefficient (Wildman–Crippen LogP) is 2.51. The fraction of sp³-hybridized carbons (Fsp3) is 0.333. The molecule has 0 fully saturated rings. The molecular weight excluding hydrogens is 291 g/mol. The van der Waals surface area contributed by atoms with E-state index in [-0.39, 0.29) is 27.8 Å². The summed E-state index contributed by atoms with van der Waals surface area (Å²) in [6.45, 7) is 1.79. The van der Waals surface area contributed by atoms with Gasteiger partial charge in [-0.3, -0.25) is 9.59 Å². The Bertz CT molecular complexity index is 506. The van der Waals surface area contributed by atoms with Gasteiger partial charge in [0, 0.05) is 6.54 Å². The minimum Gasteiger partial charge on any atom is -0.480 e. The Morgan fingerprint density at radius 1 is 1.37 bits per heavy atom. The van der Waals surface area contributed by atoms with E-state index in [9.17, 15) is 9.59 Å². The van der Waals surface area contributed by atoms with Gasteiger partial charge in [0.25, 0.3) is 5.91 Å². The molecule has 0 unspecified atom stereocenters. The second-order valence-electron chi connectivity index (χ2n) is 3.94. The summed E-state index contributed by atoms with van der Waals surface area (Å²) in [6.07, 6.45) is 0.639. The standard InChI is InChI=1S/C12H14Cl2N2O3/c1-2-5-16(6-9(17)18)12(19)7-3-4-8(13)11(15)10(7)14/h3-4H,2,5-6,15H2,1H3,(H,17,18). The molecule has 0 atom stereocenters. The first kappa shape index (κ1) is 15.6. The van der Waals surface area contributed by atoms with Gasteiger partial charge in [-0.25, -0.2) is 0 Å². The van der Waals surface area contributed by atoms with Gasteiger partial charge in [-0.05, 0) is 18.6 Å². The smallest absolute Gasteiger partial charge is 0.323 e. The molecule has 0 aliphatic carbocycles. The zero-order valence-electron chi connectivity index (χ0n) is 10.3. The Morgan fingerprint density at radius 3 is 2.53 bits per heavy atom. The maximum atomic E-state index is 12.2. The van der Waals surface area contributed by atoms with Crippen LogP contribution >= 0.6 is 23.2 Å². The summed E-state index contributed by atoms with van der Waals surface area (Å²) in [7, 11) is 0. The van der Waals surface area contributed by atoms with Crippen LogP contribution in [0.3, 0.4) is 0 Å². The molecule has 0 bridgehead atoms. The van der Waals surface area contributed by atoms with Gasteiger partial charge in [0.1, 0.15) is 6.54 Å². The molecule has 7 heteroatoms. The van der Waals surface area contributed by atoms with Crippen LogP contribution in [0, 0.1) is 0 Å². The second kappa shape index (κ2) is 6.63. The highest BCUT2D eigenvalue weighted by Gasteiger charge is 2.21. The minimum absolute atomic E-state index is 0.0454. The highest BCUT2D eigenvalue weighted by Crippen LogP contribution is 2.31. The highest BCUT2D eigenvalue weighted by molar-refractivity contribution is 6.40. The van der Waals surface area contributed by atoms with Crippen molar-refractivity contribution in [2.75, 3.05) is 18.8 Å². The fourth-order valence-electron chi connectivity index (χ4n) is 1.59. The van der Waals surface area contributed by atoms with E-state index in [1.807, 2.05) is 6.92 Å². The van der Waals surface area contributed by atoms with Crippen molar-refractivity contribution in [1.82, 2.24) is 4.90 Å². The molecule has 3 N–H and O–H groups in total. The number of hydrogen-bond acceptors (Lipinski definition) is 3. The molecule has 1 aromatic rings. The SMILES string of the molecule is CCCN(CC(=O)O)C(=O)c1ccc(Cl)c(N)c1Cl. The van der Waals surface area contributed by atoms with Gasteiger partial charge >= 0.3 is 5.97 Å². The van der Waals surface area contributed by atoms with Crippen LogP contribution in [0.25, 0.3) is 0 Å². The number of carbonyl (C=O) groups is 2. The van der Waals surface area contributed by atoms with E-state index in [1.54, 1.807) is 0 Å². The number of carbonyl (C=O) groups excluding carboxylic acids is 1. The van der Waals surface area contributed by atoms with Gasteiger partial charge in [-0.1, -0.05) is 30.1 Å². The van der Waals surface area contributed by atoms with Gasteiger partial charge in [-0.2, -0.15) is 0 Å². The summed E-state index contributed by atoms with van der Waals surface area (Å²) in [5.74, 6) is -1.56. The molecule has 0 aromatic heterocycles. The average Bonchev–Trinajstić information content (AvgIpc) is 2.34. The average molecular weight is 305 g/mol. The van der Waals surface area contributed by atoms with Crippen molar-refractivity contribution in [1.29, 1.82) is 0 Å². The molecule has 1 amide bonds. The van der Waals surface area contributed by atoms with Gasteiger partial charge < -0.3 is 15.7 Å². The van der Waals surface area contributed by atoms with Crippen molar-refractivity contribution in [3.8, 4) is 0 Å². The van der Waals surface area contributed by atoms with Crippen molar-refractivity contribution in [2.45, 2.75) is 13.3 Å². The number of carboxylic acid groups (broad SMARTS) is 1. The number of hydrogen-bond donors (Lipinski definition) is 2. The Hall–Kier alpha value is -1.46. The van der Waals surface area contributed by atoms with Gasteiger partial charge in [0.2, 0.25) is 0 Å². The number of benzene rings is 1. The molecule has 1 aromatic carbocycles. The lowest BCUT2D eigenvalue weighted by molar-refractivity contribution is -0.137.